The molecule has 8 heteroatoms. The largest absolute Gasteiger partial charge is 0.493 e. The molecule has 0 saturated heterocycles. The molecule has 0 atom stereocenters. The number of aromatic amines is 1. The molecule has 0 aliphatic heterocycles. The Morgan fingerprint density at radius 1 is 1.09 bits per heavy atom. The first kappa shape index (κ1) is 23.8. The van der Waals surface area contributed by atoms with Crippen LogP contribution in [0.1, 0.15) is 16.8 Å². The third-order valence-electron chi connectivity index (χ3n) is 5.40. The molecule has 2 N–H and O–H groups in total. The molecular formula is C24H30FN3O3S. The quantitative estimate of drug-likeness (QED) is 0.350. The number of benzene rings is 2. The van der Waals surface area contributed by atoms with Gasteiger partial charge in [-0.2, -0.15) is 0 Å². The van der Waals surface area contributed by atoms with E-state index in [-0.39, 0.29) is 5.82 Å². The summed E-state index contributed by atoms with van der Waals surface area (Å²) >= 11 is 5.68. The van der Waals surface area contributed by atoms with Crippen LogP contribution in [-0.4, -0.2) is 56.0 Å². The van der Waals surface area contributed by atoms with Crippen LogP contribution in [0.4, 0.5) is 4.39 Å². The van der Waals surface area contributed by atoms with E-state index < -0.39 is 0 Å². The number of H-pyrrole nitrogens is 1. The predicted molar refractivity (Wildman–Crippen MR) is 129 cm³/mol. The molecule has 1 aromatic heterocycles. The lowest BCUT2D eigenvalue weighted by molar-refractivity contribution is 0.203. The molecule has 0 saturated carbocycles. The Balaban J connectivity index is 1.81. The summed E-state index contributed by atoms with van der Waals surface area (Å²) in [5.74, 6) is 1.11. The molecule has 6 nitrogen and oxygen atoms in total. The van der Waals surface area contributed by atoms with E-state index in [0.29, 0.717) is 49.3 Å². The molecule has 3 aromatic rings. The standard InChI is InChI=1S/C24H30FN3O3S/c1-16-19(20-14-18(25)6-7-21(20)27-16)9-11-28(24(32)26-10-12-29-2)15-17-5-8-22(30-3)23(13-17)31-4/h5-8,13-14,27H,9-12,15H2,1-4H3,(H,26,32). The van der Waals surface area contributed by atoms with Gasteiger partial charge in [0.2, 0.25) is 0 Å². The molecule has 32 heavy (non-hydrogen) atoms. The lowest BCUT2D eigenvalue weighted by Crippen LogP contribution is -2.41. The van der Waals surface area contributed by atoms with Gasteiger partial charge in [0, 0.05) is 43.3 Å². The van der Waals surface area contributed by atoms with Gasteiger partial charge < -0.3 is 29.4 Å². The first-order chi connectivity index (χ1) is 15.5. The van der Waals surface area contributed by atoms with Gasteiger partial charge in [-0.1, -0.05) is 6.07 Å². The van der Waals surface area contributed by atoms with Crippen molar-refractivity contribution in [3.63, 3.8) is 0 Å². The van der Waals surface area contributed by atoms with Crippen LogP contribution in [0.15, 0.2) is 36.4 Å². The van der Waals surface area contributed by atoms with Gasteiger partial charge in [-0.25, -0.2) is 4.39 Å². The maximum absolute atomic E-state index is 13.9. The number of thiocarbonyl (C=S) groups is 1. The summed E-state index contributed by atoms with van der Waals surface area (Å²) in [7, 11) is 4.89. The zero-order valence-electron chi connectivity index (χ0n) is 19.0. The average Bonchev–Trinajstić information content (AvgIpc) is 3.10. The fraction of sp³-hybridized carbons (Fsp3) is 0.375. The molecule has 0 fully saturated rings. The summed E-state index contributed by atoms with van der Waals surface area (Å²) < 4.78 is 29.8. The Morgan fingerprint density at radius 2 is 1.88 bits per heavy atom. The van der Waals surface area contributed by atoms with Gasteiger partial charge in [0.05, 0.1) is 20.8 Å². The summed E-state index contributed by atoms with van der Waals surface area (Å²) in [4.78, 5) is 5.45. The number of methoxy groups -OCH3 is 3. The smallest absolute Gasteiger partial charge is 0.169 e. The van der Waals surface area contributed by atoms with E-state index in [1.807, 2.05) is 25.1 Å². The highest BCUT2D eigenvalue weighted by atomic mass is 32.1. The monoisotopic (exact) mass is 459 g/mol. The molecular weight excluding hydrogens is 429 g/mol. The van der Waals surface area contributed by atoms with Crippen molar-refractivity contribution in [3.05, 3.63) is 59.0 Å². The highest BCUT2D eigenvalue weighted by Gasteiger charge is 2.15. The molecule has 3 rings (SSSR count). The molecule has 0 unspecified atom stereocenters. The number of ether oxygens (including phenoxy) is 3. The second-order valence-electron chi connectivity index (χ2n) is 7.50. The normalized spacial score (nSPS) is 10.9. The average molecular weight is 460 g/mol. The summed E-state index contributed by atoms with van der Waals surface area (Å²) in [5, 5.41) is 4.80. The van der Waals surface area contributed by atoms with Crippen LogP contribution in [0.2, 0.25) is 0 Å². The fourth-order valence-corrected chi connectivity index (χ4v) is 4.01. The van der Waals surface area contributed by atoms with E-state index >= 15 is 0 Å². The van der Waals surface area contributed by atoms with Gasteiger partial charge in [0.1, 0.15) is 5.82 Å². The van der Waals surface area contributed by atoms with Gasteiger partial charge in [-0.05, 0) is 67.0 Å². The number of nitrogens with zero attached hydrogens (tertiary/aromatic N) is 1. The molecule has 0 amide bonds. The molecule has 2 aromatic carbocycles. The Morgan fingerprint density at radius 3 is 2.59 bits per heavy atom. The van der Waals surface area contributed by atoms with Crippen molar-refractivity contribution in [1.82, 2.24) is 15.2 Å². The van der Waals surface area contributed by atoms with Crippen molar-refractivity contribution < 1.29 is 18.6 Å². The van der Waals surface area contributed by atoms with E-state index in [2.05, 4.69) is 15.2 Å². The van der Waals surface area contributed by atoms with E-state index in [9.17, 15) is 4.39 Å². The van der Waals surface area contributed by atoms with Crippen LogP contribution in [0, 0.1) is 12.7 Å². The number of hydrogen-bond donors (Lipinski definition) is 2. The predicted octanol–water partition coefficient (Wildman–Crippen LogP) is 4.20. The van der Waals surface area contributed by atoms with Crippen LogP contribution in [0.3, 0.4) is 0 Å². The molecule has 1 heterocycles. The Labute approximate surface area is 193 Å². The molecule has 0 radical (unpaired) electrons. The summed E-state index contributed by atoms with van der Waals surface area (Å²) in [6.07, 6.45) is 0.717. The van der Waals surface area contributed by atoms with Crippen LogP contribution in [0.25, 0.3) is 10.9 Å². The number of halogens is 1. The molecule has 0 aliphatic rings. The number of aromatic nitrogens is 1. The summed E-state index contributed by atoms with van der Waals surface area (Å²) in [6.45, 7) is 4.45. The SMILES string of the molecule is COCCNC(=S)N(CCc1c(C)[nH]c2ccc(F)cc12)Cc1ccc(OC)c(OC)c1. The van der Waals surface area contributed by atoms with Crippen molar-refractivity contribution in [1.29, 1.82) is 0 Å². The van der Waals surface area contributed by atoms with Gasteiger partial charge in [0.25, 0.3) is 0 Å². The lowest BCUT2D eigenvalue weighted by Gasteiger charge is -2.26. The van der Waals surface area contributed by atoms with Crippen molar-refractivity contribution in [2.75, 3.05) is 41.0 Å². The van der Waals surface area contributed by atoms with E-state index in [0.717, 1.165) is 27.7 Å². The zero-order valence-corrected chi connectivity index (χ0v) is 19.8. The molecule has 0 bridgehead atoms. The lowest BCUT2D eigenvalue weighted by atomic mass is 10.1. The third-order valence-corrected chi connectivity index (χ3v) is 5.81. The van der Waals surface area contributed by atoms with Gasteiger partial charge >= 0.3 is 0 Å². The maximum Gasteiger partial charge on any atom is 0.169 e. The van der Waals surface area contributed by atoms with Gasteiger partial charge in [0.15, 0.2) is 16.6 Å². The van der Waals surface area contributed by atoms with Crippen molar-refractivity contribution in [2.24, 2.45) is 0 Å². The molecule has 0 spiro atoms. The first-order valence-electron chi connectivity index (χ1n) is 10.5. The number of hydrogen-bond acceptors (Lipinski definition) is 4. The maximum atomic E-state index is 13.9. The summed E-state index contributed by atoms with van der Waals surface area (Å²) in [6, 6.07) is 10.7. The minimum Gasteiger partial charge on any atom is -0.493 e. The second kappa shape index (κ2) is 11.2. The van der Waals surface area contributed by atoms with Crippen LogP contribution in [-0.2, 0) is 17.7 Å². The highest BCUT2D eigenvalue weighted by Crippen LogP contribution is 2.28. The molecule has 172 valence electrons. The van der Waals surface area contributed by atoms with Crippen LogP contribution in [0.5, 0.6) is 11.5 Å². The van der Waals surface area contributed by atoms with E-state index in [1.54, 1.807) is 33.5 Å². The molecule has 0 aliphatic carbocycles. The first-order valence-corrected chi connectivity index (χ1v) is 10.9. The van der Waals surface area contributed by atoms with Crippen LogP contribution >= 0.6 is 12.2 Å². The van der Waals surface area contributed by atoms with Crippen molar-refractivity contribution in [3.8, 4) is 11.5 Å². The Bertz CT molecular complexity index is 1070. The van der Waals surface area contributed by atoms with E-state index in [4.69, 9.17) is 26.4 Å². The van der Waals surface area contributed by atoms with Crippen molar-refractivity contribution >= 4 is 28.2 Å². The van der Waals surface area contributed by atoms with Gasteiger partial charge in [-0.15, -0.1) is 0 Å². The van der Waals surface area contributed by atoms with Gasteiger partial charge in [-0.3, -0.25) is 0 Å². The minimum absolute atomic E-state index is 0.239. The number of aryl methyl sites for hydroxylation is 1. The minimum atomic E-state index is -0.239. The number of nitrogens with one attached hydrogen (secondary N) is 2. The Hall–Kier alpha value is -2.84. The highest BCUT2D eigenvalue weighted by molar-refractivity contribution is 7.80. The fourth-order valence-electron chi connectivity index (χ4n) is 3.75. The Kier molecular flexibility index (Phi) is 8.30. The second-order valence-corrected chi connectivity index (χ2v) is 7.89. The third kappa shape index (κ3) is 5.69. The van der Waals surface area contributed by atoms with Crippen molar-refractivity contribution in [2.45, 2.75) is 19.9 Å². The topological polar surface area (TPSA) is 58.8 Å². The van der Waals surface area contributed by atoms with E-state index in [1.165, 1.54) is 6.07 Å². The number of fused-ring (bicyclic) bond motifs is 1. The van der Waals surface area contributed by atoms with Crippen LogP contribution < -0.4 is 14.8 Å². The summed E-state index contributed by atoms with van der Waals surface area (Å²) in [5.41, 5.74) is 4.11. The number of rotatable bonds is 10. The zero-order chi connectivity index (χ0) is 23.1.